The summed E-state index contributed by atoms with van der Waals surface area (Å²) in [5.41, 5.74) is -1.49. The molecule has 94 valence electrons. The lowest BCUT2D eigenvalue weighted by Crippen LogP contribution is -2.27. The maximum absolute atomic E-state index is 12.4. The molecule has 1 amide bonds. The number of carbonyl (C=O) groups is 1. The highest BCUT2D eigenvalue weighted by Gasteiger charge is 2.34. The van der Waals surface area contributed by atoms with Gasteiger partial charge in [0.25, 0.3) is 5.91 Å². The van der Waals surface area contributed by atoms with Gasteiger partial charge in [-0.05, 0) is 28.1 Å². The van der Waals surface area contributed by atoms with Gasteiger partial charge in [-0.15, -0.1) is 0 Å². The van der Waals surface area contributed by atoms with Crippen LogP contribution in [0.1, 0.15) is 16.2 Å². The molecule has 0 aliphatic heterocycles. The Kier molecular flexibility index (Phi) is 4.10. The van der Waals surface area contributed by atoms with Crippen LogP contribution in [0.25, 0.3) is 0 Å². The number of hydrogen-bond donors (Lipinski definition) is 0. The third-order valence-corrected chi connectivity index (χ3v) is 2.54. The minimum atomic E-state index is -4.60. The largest absolute Gasteiger partial charge is 0.433 e. The van der Waals surface area contributed by atoms with Crippen molar-refractivity contribution in [2.24, 2.45) is 0 Å². The van der Waals surface area contributed by atoms with Gasteiger partial charge in [-0.3, -0.25) is 9.63 Å². The standard InChI is InChI=1S/C9H8BrF3N2O2/c1-15(17-2)8(16)7-5(10)3-4-6(14-7)9(11,12)13/h3-4H,1-2H3. The van der Waals surface area contributed by atoms with Crippen LogP contribution in [0.15, 0.2) is 16.6 Å². The predicted octanol–water partition coefficient (Wildman–Crippen LogP) is 2.50. The van der Waals surface area contributed by atoms with Crippen molar-refractivity contribution in [2.75, 3.05) is 14.2 Å². The highest BCUT2D eigenvalue weighted by atomic mass is 79.9. The van der Waals surface area contributed by atoms with E-state index in [-0.39, 0.29) is 10.2 Å². The van der Waals surface area contributed by atoms with Crippen LogP contribution < -0.4 is 0 Å². The topological polar surface area (TPSA) is 42.4 Å². The monoisotopic (exact) mass is 312 g/mol. The van der Waals surface area contributed by atoms with Crippen LogP contribution in [0.3, 0.4) is 0 Å². The molecular formula is C9H8BrF3N2O2. The Morgan fingerprint density at radius 2 is 2.06 bits per heavy atom. The van der Waals surface area contributed by atoms with E-state index in [9.17, 15) is 18.0 Å². The van der Waals surface area contributed by atoms with Crippen molar-refractivity contribution in [1.29, 1.82) is 0 Å². The Balaban J connectivity index is 3.20. The molecule has 0 N–H and O–H groups in total. The van der Waals surface area contributed by atoms with Gasteiger partial charge in [-0.2, -0.15) is 13.2 Å². The van der Waals surface area contributed by atoms with Gasteiger partial charge >= 0.3 is 6.18 Å². The molecule has 0 spiro atoms. The number of amides is 1. The van der Waals surface area contributed by atoms with E-state index >= 15 is 0 Å². The zero-order valence-electron chi connectivity index (χ0n) is 8.88. The molecule has 8 heteroatoms. The molecule has 0 atom stereocenters. The first-order valence-electron chi connectivity index (χ1n) is 4.33. The molecule has 1 heterocycles. The SMILES string of the molecule is CON(C)C(=O)c1nc(C(F)(F)F)ccc1Br. The van der Waals surface area contributed by atoms with Crippen molar-refractivity contribution >= 4 is 21.8 Å². The van der Waals surface area contributed by atoms with E-state index in [1.165, 1.54) is 14.2 Å². The lowest BCUT2D eigenvalue weighted by atomic mass is 10.3. The molecule has 0 unspecified atom stereocenters. The van der Waals surface area contributed by atoms with E-state index in [1.807, 2.05) is 0 Å². The normalized spacial score (nSPS) is 11.4. The maximum Gasteiger partial charge on any atom is 0.433 e. The van der Waals surface area contributed by atoms with Crippen LogP contribution in [0.2, 0.25) is 0 Å². The molecule has 0 fully saturated rings. The van der Waals surface area contributed by atoms with Gasteiger partial charge in [-0.25, -0.2) is 10.0 Å². The van der Waals surface area contributed by atoms with E-state index < -0.39 is 17.8 Å². The van der Waals surface area contributed by atoms with Gasteiger partial charge in [0.05, 0.1) is 7.11 Å². The smallest absolute Gasteiger partial charge is 0.274 e. The minimum absolute atomic E-state index is 0.166. The van der Waals surface area contributed by atoms with Crippen molar-refractivity contribution in [3.8, 4) is 0 Å². The van der Waals surface area contributed by atoms with E-state index in [1.54, 1.807) is 0 Å². The summed E-state index contributed by atoms with van der Waals surface area (Å²) in [6.45, 7) is 0. The average Bonchev–Trinajstić information content (AvgIpc) is 2.26. The van der Waals surface area contributed by atoms with Gasteiger partial charge in [0.1, 0.15) is 11.4 Å². The van der Waals surface area contributed by atoms with Gasteiger partial charge in [0.15, 0.2) is 0 Å². The summed E-state index contributed by atoms with van der Waals surface area (Å²) < 4.78 is 37.4. The number of halogens is 4. The average molecular weight is 313 g/mol. The summed E-state index contributed by atoms with van der Waals surface area (Å²) in [6, 6.07) is 1.90. The van der Waals surface area contributed by atoms with Gasteiger partial charge in [0.2, 0.25) is 0 Å². The highest BCUT2D eigenvalue weighted by Crippen LogP contribution is 2.29. The number of aromatic nitrogens is 1. The Bertz CT molecular complexity index is 437. The number of hydroxylamine groups is 2. The number of pyridine rings is 1. The number of alkyl halides is 3. The van der Waals surface area contributed by atoms with E-state index in [0.717, 1.165) is 17.2 Å². The zero-order valence-corrected chi connectivity index (χ0v) is 10.5. The first-order valence-corrected chi connectivity index (χ1v) is 5.12. The highest BCUT2D eigenvalue weighted by molar-refractivity contribution is 9.10. The Morgan fingerprint density at radius 3 is 2.53 bits per heavy atom. The third-order valence-electron chi connectivity index (χ3n) is 1.90. The van der Waals surface area contributed by atoms with Crippen molar-refractivity contribution in [2.45, 2.75) is 6.18 Å². The first kappa shape index (κ1) is 13.9. The fourth-order valence-electron chi connectivity index (χ4n) is 0.982. The first-order chi connectivity index (χ1) is 7.77. The van der Waals surface area contributed by atoms with E-state index in [0.29, 0.717) is 0 Å². The van der Waals surface area contributed by atoms with Crippen LogP contribution in [-0.2, 0) is 11.0 Å². The summed E-state index contributed by atoms with van der Waals surface area (Å²) in [5.74, 6) is -0.773. The molecule has 0 saturated carbocycles. The summed E-state index contributed by atoms with van der Waals surface area (Å²) in [7, 11) is 2.50. The molecule has 17 heavy (non-hydrogen) atoms. The van der Waals surface area contributed by atoms with Crippen molar-refractivity contribution in [3.05, 3.63) is 28.0 Å². The van der Waals surface area contributed by atoms with Gasteiger partial charge in [-0.1, -0.05) is 0 Å². The molecule has 1 aromatic heterocycles. The number of carbonyl (C=O) groups excluding carboxylic acids is 1. The van der Waals surface area contributed by atoms with Crippen molar-refractivity contribution in [3.63, 3.8) is 0 Å². The number of hydrogen-bond acceptors (Lipinski definition) is 3. The lowest BCUT2D eigenvalue weighted by Gasteiger charge is -2.15. The second-order valence-electron chi connectivity index (χ2n) is 3.01. The fourth-order valence-corrected chi connectivity index (χ4v) is 1.37. The number of nitrogens with zero attached hydrogens (tertiary/aromatic N) is 2. The summed E-state index contributed by atoms with van der Waals surface area (Å²) >= 11 is 2.96. The quantitative estimate of drug-likeness (QED) is 0.788. The van der Waals surface area contributed by atoms with E-state index in [4.69, 9.17) is 0 Å². The third kappa shape index (κ3) is 3.16. The molecule has 0 aliphatic carbocycles. The maximum atomic E-state index is 12.4. The summed E-state index contributed by atoms with van der Waals surface area (Å²) in [5, 5.41) is 0.785. The molecular weight excluding hydrogens is 305 g/mol. The number of rotatable bonds is 2. The second kappa shape index (κ2) is 5.01. The second-order valence-corrected chi connectivity index (χ2v) is 3.86. The van der Waals surface area contributed by atoms with Crippen molar-refractivity contribution < 1.29 is 22.8 Å². The molecule has 0 radical (unpaired) electrons. The van der Waals surface area contributed by atoms with Gasteiger partial charge < -0.3 is 0 Å². The molecule has 0 aliphatic rings. The summed E-state index contributed by atoms with van der Waals surface area (Å²) in [4.78, 5) is 19.5. The Morgan fingerprint density at radius 1 is 1.47 bits per heavy atom. The molecule has 0 saturated heterocycles. The van der Waals surface area contributed by atoms with Crippen LogP contribution >= 0.6 is 15.9 Å². The molecule has 0 bridgehead atoms. The Labute approximate surface area is 103 Å². The van der Waals surface area contributed by atoms with Crippen LogP contribution in [0, 0.1) is 0 Å². The van der Waals surface area contributed by atoms with Crippen molar-refractivity contribution in [1.82, 2.24) is 10.0 Å². The summed E-state index contributed by atoms with van der Waals surface area (Å²) in [6.07, 6.45) is -4.60. The molecule has 1 aromatic rings. The minimum Gasteiger partial charge on any atom is -0.274 e. The van der Waals surface area contributed by atoms with Crippen LogP contribution in [0.5, 0.6) is 0 Å². The zero-order chi connectivity index (χ0) is 13.2. The fraction of sp³-hybridized carbons (Fsp3) is 0.333. The molecule has 4 nitrogen and oxygen atoms in total. The Hall–Kier alpha value is -1.15. The van der Waals surface area contributed by atoms with Crippen LogP contribution in [-0.4, -0.2) is 30.1 Å². The lowest BCUT2D eigenvalue weighted by molar-refractivity contribution is -0.141. The molecule has 0 aromatic carbocycles. The van der Waals surface area contributed by atoms with Crippen LogP contribution in [0.4, 0.5) is 13.2 Å². The predicted molar refractivity (Wildman–Crippen MR) is 56.0 cm³/mol. The van der Waals surface area contributed by atoms with Gasteiger partial charge in [0, 0.05) is 11.5 Å². The molecule has 1 rings (SSSR count). The van der Waals surface area contributed by atoms with E-state index in [2.05, 4.69) is 25.8 Å².